The number of fused-ring (bicyclic) bond motifs is 2. The first-order valence-electron chi connectivity index (χ1n) is 9.55. The molecule has 8 heteroatoms. The third kappa shape index (κ3) is 3.29. The van der Waals surface area contributed by atoms with Crippen molar-refractivity contribution >= 4 is 16.9 Å². The van der Waals surface area contributed by atoms with E-state index in [1.807, 2.05) is 38.2 Å². The third-order valence-corrected chi connectivity index (χ3v) is 5.20. The summed E-state index contributed by atoms with van der Waals surface area (Å²) in [5.41, 5.74) is 1.82. The van der Waals surface area contributed by atoms with Crippen LogP contribution < -0.4 is 9.64 Å². The van der Waals surface area contributed by atoms with Crippen molar-refractivity contribution in [2.24, 2.45) is 0 Å². The summed E-state index contributed by atoms with van der Waals surface area (Å²) in [6, 6.07) is 5.88. The van der Waals surface area contributed by atoms with Crippen LogP contribution in [0.1, 0.15) is 11.5 Å². The van der Waals surface area contributed by atoms with Gasteiger partial charge in [0.25, 0.3) is 0 Å². The molecule has 28 heavy (non-hydrogen) atoms. The first-order valence-corrected chi connectivity index (χ1v) is 9.55. The number of ether oxygens (including phenoxy) is 3. The van der Waals surface area contributed by atoms with Crippen LogP contribution in [0.2, 0.25) is 0 Å². The normalized spacial score (nSPS) is 23.0. The standard InChI is InChI=1S/C20H23N5O3/c1-12-3-4-14(7-22-12)28-15-10-26-17-8-25(9-18(17)27-11-15)20-16-5-6-21-19(16)23-13(2)24-20/h3-7,15,17-18H,8-11H2,1-2H3,(H,21,23,24)/t17-,18-/m0/s1. The van der Waals surface area contributed by atoms with E-state index in [1.54, 1.807) is 6.20 Å². The van der Waals surface area contributed by atoms with Gasteiger partial charge in [0.1, 0.15) is 41.4 Å². The SMILES string of the molecule is Cc1ccc(OC2CO[C@H]3CN(c4nc(C)nc5[nH]ccc45)C[C@@H]3OC2)cn1. The van der Waals surface area contributed by atoms with E-state index in [2.05, 4.69) is 24.8 Å². The molecule has 5 rings (SSSR count). The van der Waals surface area contributed by atoms with Crippen molar-refractivity contribution in [3.05, 3.63) is 42.1 Å². The lowest BCUT2D eigenvalue weighted by Gasteiger charge is -2.20. The van der Waals surface area contributed by atoms with Crippen molar-refractivity contribution in [3.63, 3.8) is 0 Å². The molecule has 0 unspecified atom stereocenters. The Hall–Kier alpha value is -2.71. The fourth-order valence-corrected chi connectivity index (χ4v) is 3.81. The predicted molar refractivity (Wildman–Crippen MR) is 104 cm³/mol. The van der Waals surface area contributed by atoms with E-state index >= 15 is 0 Å². The molecule has 5 heterocycles. The minimum Gasteiger partial charge on any atom is -0.484 e. The molecular formula is C20H23N5O3. The Morgan fingerprint density at radius 3 is 2.57 bits per heavy atom. The fourth-order valence-electron chi connectivity index (χ4n) is 3.81. The third-order valence-electron chi connectivity index (χ3n) is 5.20. The molecule has 2 fully saturated rings. The molecule has 3 aromatic rings. The molecule has 2 aliphatic heterocycles. The van der Waals surface area contributed by atoms with Crippen LogP contribution in [0, 0.1) is 13.8 Å². The Bertz CT molecular complexity index is 958. The molecular weight excluding hydrogens is 358 g/mol. The number of aromatic nitrogens is 4. The highest BCUT2D eigenvalue weighted by molar-refractivity contribution is 5.87. The van der Waals surface area contributed by atoms with Crippen molar-refractivity contribution in [2.75, 3.05) is 31.2 Å². The van der Waals surface area contributed by atoms with Gasteiger partial charge < -0.3 is 24.1 Å². The van der Waals surface area contributed by atoms with Crippen LogP contribution in [-0.4, -0.2) is 64.6 Å². The van der Waals surface area contributed by atoms with Crippen LogP contribution in [0.25, 0.3) is 11.0 Å². The highest BCUT2D eigenvalue weighted by Crippen LogP contribution is 2.29. The van der Waals surface area contributed by atoms with Crippen LogP contribution in [0.5, 0.6) is 5.75 Å². The molecule has 2 saturated heterocycles. The van der Waals surface area contributed by atoms with Crippen molar-refractivity contribution in [1.29, 1.82) is 0 Å². The lowest BCUT2D eigenvalue weighted by molar-refractivity contribution is -0.00461. The molecule has 2 atom stereocenters. The number of nitrogens with one attached hydrogen (secondary N) is 1. The predicted octanol–water partition coefficient (Wildman–Crippen LogP) is 2.02. The monoisotopic (exact) mass is 381 g/mol. The summed E-state index contributed by atoms with van der Waals surface area (Å²) in [5, 5.41) is 1.02. The maximum Gasteiger partial charge on any atom is 0.145 e. The van der Waals surface area contributed by atoms with E-state index < -0.39 is 0 Å². The van der Waals surface area contributed by atoms with Crippen LogP contribution in [0.3, 0.4) is 0 Å². The fraction of sp³-hybridized carbons (Fsp3) is 0.450. The minimum atomic E-state index is -0.138. The lowest BCUT2D eigenvalue weighted by Crippen LogP contribution is -2.30. The van der Waals surface area contributed by atoms with E-state index in [9.17, 15) is 0 Å². The smallest absolute Gasteiger partial charge is 0.145 e. The van der Waals surface area contributed by atoms with Gasteiger partial charge in [-0.25, -0.2) is 9.97 Å². The summed E-state index contributed by atoms with van der Waals surface area (Å²) >= 11 is 0. The van der Waals surface area contributed by atoms with Gasteiger partial charge in [0.05, 0.1) is 24.8 Å². The molecule has 1 N–H and O–H groups in total. The van der Waals surface area contributed by atoms with Gasteiger partial charge in [0.2, 0.25) is 0 Å². The number of pyridine rings is 1. The number of nitrogens with zero attached hydrogens (tertiary/aromatic N) is 4. The molecule has 8 nitrogen and oxygen atoms in total. The number of aromatic amines is 1. The Kier molecular flexibility index (Phi) is 4.37. The van der Waals surface area contributed by atoms with Gasteiger partial charge in [-0.15, -0.1) is 0 Å². The lowest BCUT2D eigenvalue weighted by atomic mass is 10.3. The molecule has 0 spiro atoms. The summed E-state index contributed by atoms with van der Waals surface area (Å²) < 4.78 is 18.3. The minimum absolute atomic E-state index is 0.00555. The molecule has 0 aromatic carbocycles. The van der Waals surface area contributed by atoms with Gasteiger partial charge in [-0.3, -0.25) is 4.98 Å². The summed E-state index contributed by atoms with van der Waals surface area (Å²) in [4.78, 5) is 18.8. The highest BCUT2D eigenvalue weighted by atomic mass is 16.6. The maximum absolute atomic E-state index is 6.15. The average molecular weight is 381 g/mol. The second kappa shape index (κ2) is 7.03. The first kappa shape index (κ1) is 17.4. The highest BCUT2D eigenvalue weighted by Gasteiger charge is 2.39. The number of aryl methyl sites for hydroxylation is 2. The first-order chi connectivity index (χ1) is 13.7. The molecule has 0 amide bonds. The molecule has 0 saturated carbocycles. The van der Waals surface area contributed by atoms with Gasteiger partial charge in [0.15, 0.2) is 0 Å². The van der Waals surface area contributed by atoms with Crippen molar-refractivity contribution < 1.29 is 14.2 Å². The number of hydrogen-bond donors (Lipinski definition) is 1. The van der Waals surface area contributed by atoms with Gasteiger partial charge >= 0.3 is 0 Å². The summed E-state index contributed by atoms with van der Waals surface area (Å²) in [6.45, 7) is 6.32. The Morgan fingerprint density at radius 2 is 1.86 bits per heavy atom. The maximum atomic E-state index is 6.15. The molecule has 0 bridgehead atoms. The van der Waals surface area contributed by atoms with E-state index in [-0.39, 0.29) is 18.3 Å². The summed E-state index contributed by atoms with van der Waals surface area (Å²) in [6.07, 6.45) is 3.48. The van der Waals surface area contributed by atoms with Crippen LogP contribution in [0.4, 0.5) is 5.82 Å². The molecule has 2 aliphatic rings. The van der Waals surface area contributed by atoms with E-state index in [0.29, 0.717) is 13.2 Å². The van der Waals surface area contributed by atoms with Crippen LogP contribution in [-0.2, 0) is 9.47 Å². The molecule has 146 valence electrons. The summed E-state index contributed by atoms with van der Waals surface area (Å²) in [7, 11) is 0. The van der Waals surface area contributed by atoms with Gasteiger partial charge in [-0.2, -0.15) is 0 Å². The van der Waals surface area contributed by atoms with Crippen molar-refractivity contribution in [1.82, 2.24) is 19.9 Å². The van der Waals surface area contributed by atoms with E-state index in [1.165, 1.54) is 0 Å². The quantitative estimate of drug-likeness (QED) is 0.743. The van der Waals surface area contributed by atoms with Crippen molar-refractivity contribution in [3.8, 4) is 5.75 Å². The average Bonchev–Trinajstić information content (AvgIpc) is 3.27. The van der Waals surface area contributed by atoms with Gasteiger partial charge in [0, 0.05) is 25.0 Å². The van der Waals surface area contributed by atoms with Crippen LogP contribution in [0.15, 0.2) is 30.6 Å². The summed E-state index contributed by atoms with van der Waals surface area (Å²) in [5.74, 6) is 2.42. The number of anilines is 1. The van der Waals surface area contributed by atoms with Gasteiger partial charge in [-0.05, 0) is 32.0 Å². The zero-order valence-corrected chi connectivity index (χ0v) is 16.0. The second-order valence-electron chi connectivity index (χ2n) is 7.36. The Balaban J connectivity index is 1.27. The molecule has 3 aromatic heterocycles. The number of H-pyrrole nitrogens is 1. The van der Waals surface area contributed by atoms with Crippen LogP contribution >= 0.6 is 0 Å². The Labute approximate surface area is 162 Å². The topological polar surface area (TPSA) is 85.4 Å². The number of hydrogen-bond acceptors (Lipinski definition) is 7. The van der Waals surface area contributed by atoms with E-state index in [0.717, 1.165) is 47.2 Å². The number of rotatable bonds is 3. The molecule has 0 radical (unpaired) electrons. The van der Waals surface area contributed by atoms with E-state index in [4.69, 9.17) is 14.2 Å². The zero-order chi connectivity index (χ0) is 19.1. The van der Waals surface area contributed by atoms with Crippen molar-refractivity contribution in [2.45, 2.75) is 32.2 Å². The molecule has 0 aliphatic carbocycles. The van der Waals surface area contributed by atoms with Gasteiger partial charge in [-0.1, -0.05) is 0 Å². The second-order valence-corrected chi connectivity index (χ2v) is 7.36. The Morgan fingerprint density at radius 1 is 1.07 bits per heavy atom. The zero-order valence-electron chi connectivity index (χ0n) is 16.0. The largest absolute Gasteiger partial charge is 0.484 e.